The number of hydrogen-bond acceptors (Lipinski definition) is 3. The van der Waals surface area contributed by atoms with Gasteiger partial charge in [0, 0.05) is 11.5 Å². The predicted octanol–water partition coefficient (Wildman–Crippen LogP) is 12.8. The molecule has 0 atom stereocenters. The lowest BCUT2D eigenvalue weighted by Crippen LogP contribution is -2.13. The molecule has 0 aliphatic carbocycles. The highest BCUT2D eigenvalue weighted by Gasteiger charge is 2.04. The molecule has 3 heteroatoms. The van der Waals surface area contributed by atoms with Crippen LogP contribution in [0.1, 0.15) is 194 Å². The lowest BCUT2D eigenvalue weighted by molar-refractivity contribution is 0.225. The van der Waals surface area contributed by atoms with Crippen molar-refractivity contribution in [3.8, 4) is 0 Å². The van der Waals surface area contributed by atoms with Crippen LogP contribution in [0.25, 0.3) is 0 Å². The summed E-state index contributed by atoms with van der Waals surface area (Å²) in [6.45, 7) is 4.59. The van der Waals surface area contributed by atoms with E-state index < -0.39 is 0 Å². The zero-order chi connectivity index (χ0) is 27.6. The van der Waals surface area contributed by atoms with Crippen molar-refractivity contribution >= 4 is 23.5 Å². The van der Waals surface area contributed by atoms with Crippen LogP contribution >= 0.6 is 23.5 Å². The largest absolute Gasteiger partial charge is 0.391 e. The summed E-state index contributed by atoms with van der Waals surface area (Å²) >= 11 is 3.94. The molecule has 0 radical (unpaired) electrons. The van der Waals surface area contributed by atoms with Crippen molar-refractivity contribution in [3.05, 3.63) is 0 Å². The second-order valence-corrected chi connectivity index (χ2v) is 14.3. The van der Waals surface area contributed by atoms with Crippen molar-refractivity contribution < 1.29 is 5.11 Å². The Labute approximate surface area is 250 Å². The zero-order valence-electron chi connectivity index (χ0n) is 26.5. The highest BCUT2D eigenvalue weighted by Crippen LogP contribution is 2.17. The normalized spacial score (nSPS) is 11.7. The average molecular weight is 573 g/mol. The van der Waals surface area contributed by atoms with Gasteiger partial charge in [0.05, 0.1) is 6.10 Å². The maximum absolute atomic E-state index is 10.2. The summed E-state index contributed by atoms with van der Waals surface area (Å²) in [6.07, 6.45) is 39.9. The fourth-order valence-electron chi connectivity index (χ4n) is 5.28. The van der Waals surface area contributed by atoms with E-state index in [0.717, 1.165) is 11.5 Å². The van der Waals surface area contributed by atoms with Crippen molar-refractivity contribution in [2.45, 2.75) is 200 Å². The minimum Gasteiger partial charge on any atom is -0.391 e. The van der Waals surface area contributed by atoms with Crippen LogP contribution in [-0.2, 0) is 0 Å². The van der Waals surface area contributed by atoms with Crippen LogP contribution in [0.15, 0.2) is 0 Å². The van der Waals surface area contributed by atoms with Crippen LogP contribution in [0.2, 0.25) is 0 Å². The first-order valence-electron chi connectivity index (χ1n) is 17.6. The molecule has 0 saturated heterocycles. The molecule has 1 nitrogen and oxygen atoms in total. The predicted molar refractivity (Wildman–Crippen MR) is 181 cm³/mol. The molecule has 0 heterocycles. The van der Waals surface area contributed by atoms with Gasteiger partial charge < -0.3 is 5.11 Å². The summed E-state index contributed by atoms with van der Waals surface area (Å²) < 4.78 is 0. The quantitative estimate of drug-likeness (QED) is 0.0774. The number of aliphatic hydroxyl groups is 1. The summed E-state index contributed by atoms with van der Waals surface area (Å²) in [5.74, 6) is 4.34. The van der Waals surface area contributed by atoms with Crippen LogP contribution in [0.5, 0.6) is 0 Å². The van der Waals surface area contributed by atoms with E-state index in [0.29, 0.717) is 0 Å². The van der Waals surface area contributed by atoms with E-state index in [-0.39, 0.29) is 6.10 Å². The fourth-order valence-corrected chi connectivity index (χ4v) is 7.36. The van der Waals surface area contributed by atoms with Gasteiger partial charge in [0.2, 0.25) is 0 Å². The molecule has 0 aliphatic heterocycles. The molecule has 0 saturated carbocycles. The first-order chi connectivity index (χ1) is 18.8. The molecule has 0 bridgehead atoms. The highest BCUT2D eigenvalue weighted by atomic mass is 32.2. The second kappa shape index (κ2) is 35.7. The molecule has 0 aromatic rings. The Kier molecular flexibility index (Phi) is 36.3. The fraction of sp³-hybridized carbons (Fsp3) is 1.00. The molecule has 0 spiro atoms. The van der Waals surface area contributed by atoms with Crippen molar-refractivity contribution in [1.82, 2.24) is 0 Å². The van der Waals surface area contributed by atoms with Crippen molar-refractivity contribution in [3.63, 3.8) is 0 Å². The van der Waals surface area contributed by atoms with E-state index in [1.165, 1.54) is 191 Å². The van der Waals surface area contributed by atoms with Gasteiger partial charge in [0.1, 0.15) is 0 Å². The van der Waals surface area contributed by atoms with Crippen LogP contribution in [0.4, 0.5) is 0 Å². The maximum Gasteiger partial charge on any atom is 0.0720 e. The minimum absolute atomic E-state index is 0.108. The van der Waals surface area contributed by atoms with Crippen molar-refractivity contribution in [2.75, 3.05) is 23.0 Å². The Hall–Kier alpha value is 0.660. The molecule has 0 unspecified atom stereocenters. The number of hydrogen-bond donors (Lipinski definition) is 1. The number of thioether (sulfide) groups is 2. The standard InChI is InChI=1S/C35H72OS2/c1-3-5-7-9-11-13-15-17-19-21-23-25-27-29-31-37-33-35(36)34-38-32-30-28-26-24-22-20-18-16-14-12-10-8-6-4-2/h35-36H,3-34H2,1-2H3. The van der Waals surface area contributed by atoms with Gasteiger partial charge in [0.15, 0.2) is 0 Å². The molecule has 0 amide bonds. The average Bonchev–Trinajstić information content (AvgIpc) is 2.92. The minimum atomic E-state index is -0.108. The molecule has 1 N–H and O–H groups in total. The summed E-state index contributed by atoms with van der Waals surface area (Å²) in [6, 6.07) is 0. The van der Waals surface area contributed by atoms with E-state index in [2.05, 4.69) is 13.8 Å². The lowest BCUT2D eigenvalue weighted by atomic mass is 10.0. The Balaban J connectivity index is 3.13. The number of rotatable bonds is 34. The Morgan fingerprint density at radius 2 is 0.553 bits per heavy atom. The first-order valence-corrected chi connectivity index (χ1v) is 20.0. The molecule has 0 rings (SSSR count). The number of aliphatic hydroxyl groups excluding tert-OH is 1. The molecule has 0 aromatic heterocycles. The van der Waals surface area contributed by atoms with Gasteiger partial charge in [-0.2, -0.15) is 23.5 Å². The third-order valence-electron chi connectivity index (χ3n) is 7.90. The van der Waals surface area contributed by atoms with E-state index in [4.69, 9.17) is 0 Å². The molecule has 230 valence electrons. The SMILES string of the molecule is CCCCCCCCCCCCCCCCSCC(O)CSCCCCCCCCCCCCCCCC. The molecular formula is C35H72OS2. The van der Waals surface area contributed by atoms with Gasteiger partial charge in [-0.05, 0) is 24.3 Å². The van der Waals surface area contributed by atoms with Crippen LogP contribution < -0.4 is 0 Å². The van der Waals surface area contributed by atoms with Crippen LogP contribution in [0.3, 0.4) is 0 Å². The Morgan fingerprint density at radius 3 is 0.789 bits per heavy atom. The topological polar surface area (TPSA) is 20.2 Å². The second-order valence-electron chi connectivity index (χ2n) is 12.0. The summed E-state index contributed by atoms with van der Waals surface area (Å²) in [5.41, 5.74) is 0. The van der Waals surface area contributed by atoms with E-state index in [1.54, 1.807) is 0 Å². The molecule has 38 heavy (non-hydrogen) atoms. The van der Waals surface area contributed by atoms with Gasteiger partial charge in [-0.25, -0.2) is 0 Å². The maximum atomic E-state index is 10.2. The molecule has 0 aromatic carbocycles. The van der Waals surface area contributed by atoms with Gasteiger partial charge in [-0.3, -0.25) is 0 Å². The monoisotopic (exact) mass is 573 g/mol. The molecule has 0 fully saturated rings. The van der Waals surface area contributed by atoms with Gasteiger partial charge in [-0.15, -0.1) is 0 Å². The Morgan fingerprint density at radius 1 is 0.342 bits per heavy atom. The third kappa shape index (κ3) is 34.7. The first kappa shape index (κ1) is 38.7. The Bertz CT molecular complexity index is 367. The highest BCUT2D eigenvalue weighted by molar-refractivity contribution is 8.00. The van der Waals surface area contributed by atoms with Crippen molar-refractivity contribution in [2.24, 2.45) is 0 Å². The summed E-state index contributed by atoms with van der Waals surface area (Å²) in [5, 5.41) is 10.2. The number of unbranched alkanes of at least 4 members (excludes halogenated alkanes) is 26. The lowest BCUT2D eigenvalue weighted by Gasteiger charge is -2.10. The van der Waals surface area contributed by atoms with Crippen LogP contribution in [0, 0.1) is 0 Å². The van der Waals surface area contributed by atoms with Gasteiger partial charge in [0.25, 0.3) is 0 Å². The smallest absolute Gasteiger partial charge is 0.0720 e. The molecule has 0 aliphatic rings. The van der Waals surface area contributed by atoms with E-state index in [9.17, 15) is 5.11 Å². The molecular weight excluding hydrogens is 501 g/mol. The van der Waals surface area contributed by atoms with E-state index in [1.807, 2.05) is 23.5 Å². The zero-order valence-corrected chi connectivity index (χ0v) is 28.1. The van der Waals surface area contributed by atoms with Crippen molar-refractivity contribution in [1.29, 1.82) is 0 Å². The summed E-state index contributed by atoms with van der Waals surface area (Å²) in [7, 11) is 0. The summed E-state index contributed by atoms with van der Waals surface area (Å²) in [4.78, 5) is 0. The van der Waals surface area contributed by atoms with Gasteiger partial charge in [-0.1, -0.05) is 181 Å². The van der Waals surface area contributed by atoms with E-state index >= 15 is 0 Å². The van der Waals surface area contributed by atoms with Crippen LogP contribution in [-0.4, -0.2) is 34.2 Å². The third-order valence-corrected chi connectivity index (χ3v) is 10.3. The van der Waals surface area contributed by atoms with Gasteiger partial charge >= 0.3 is 0 Å².